The molecule has 1 atom stereocenters. The quantitative estimate of drug-likeness (QED) is 0.686. The van der Waals surface area contributed by atoms with Crippen molar-refractivity contribution < 1.29 is 14.3 Å². The molecule has 1 aliphatic carbocycles. The highest BCUT2D eigenvalue weighted by molar-refractivity contribution is 5.92. The standard InChI is InChI=1S/C18H30O3/c1-17(2,3)21-16(19)15-9-7-14(8-10-15)11-12-18(4,5)13-20-6/h7,9-10,14H,8,11-13H2,1-6H3. The van der Waals surface area contributed by atoms with Crippen LogP contribution in [0.25, 0.3) is 0 Å². The number of rotatable bonds is 6. The molecule has 0 saturated carbocycles. The summed E-state index contributed by atoms with van der Waals surface area (Å²) in [4.78, 5) is 12.0. The van der Waals surface area contributed by atoms with Gasteiger partial charge in [0.25, 0.3) is 0 Å². The molecule has 0 aromatic rings. The van der Waals surface area contributed by atoms with Crippen LogP contribution in [0.5, 0.6) is 0 Å². The number of carbonyl (C=O) groups is 1. The molecule has 0 amide bonds. The van der Waals surface area contributed by atoms with Crippen molar-refractivity contribution >= 4 is 5.97 Å². The summed E-state index contributed by atoms with van der Waals surface area (Å²) in [6, 6.07) is 0. The topological polar surface area (TPSA) is 35.5 Å². The number of ether oxygens (including phenoxy) is 2. The summed E-state index contributed by atoms with van der Waals surface area (Å²) in [7, 11) is 1.75. The Hall–Kier alpha value is -1.09. The van der Waals surface area contributed by atoms with Crippen molar-refractivity contribution in [3.8, 4) is 0 Å². The van der Waals surface area contributed by atoms with E-state index in [1.165, 1.54) is 0 Å². The SMILES string of the molecule is COCC(C)(C)CCC1C=CC(C(=O)OC(C)(C)C)=CC1. The molecule has 3 nitrogen and oxygen atoms in total. The van der Waals surface area contributed by atoms with E-state index in [4.69, 9.17) is 9.47 Å². The van der Waals surface area contributed by atoms with Crippen LogP contribution < -0.4 is 0 Å². The van der Waals surface area contributed by atoms with Gasteiger partial charge in [0.05, 0.1) is 12.2 Å². The van der Waals surface area contributed by atoms with E-state index >= 15 is 0 Å². The Balaban J connectivity index is 2.45. The molecular weight excluding hydrogens is 264 g/mol. The fourth-order valence-electron chi connectivity index (χ4n) is 2.41. The molecule has 3 heteroatoms. The monoisotopic (exact) mass is 294 g/mol. The molecule has 0 heterocycles. The average Bonchev–Trinajstić information content (AvgIpc) is 2.35. The van der Waals surface area contributed by atoms with Gasteiger partial charge in [-0.1, -0.05) is 32.1 Å². The minimum atomic E-state index is -0.438. The first-order valence-corrected chi connectivity index (χ1v) is 7.74. The minimum Gasteiger partial charge on any atom is -0.456 e. The number of hydrogen-bond donors (Lipinski definition) is 0. The molecule has 1 aliphatic rings. The highest BCUT2D eigenvalue weighted by Crippen LogP contribution is 2.29. The lowest BCUT2D eigenvalue weighted by Gasteiger charge is -2.26. The first-order valence-electron chi connectivity index (χ1n) is 7.74. The van der Waals surface area contributed by atoms with Crippen molar-refractivity contribution in [3.63, 3.8) is 0 Å². The van der Waals surface area contributed by atoms with Gasteiger partial charge in [0.15, 0.2) is 0 Å². The van der Waals surface area contributed by atoms with Gasteiger partial charge in [0.2, 0.25) is 0 Å². The molecule has 1 rings (SSSR count). The zero-order valence-electron chi connectivity index (χ0n) is 14.4. The van der Waals surface area contributed by atoms with Gasteiger partial charge in [0.1, 0.15) is 5.60 Å². The van der Waals surface area contributed by atoms with Crippen molar-refractivity contribution in [1.29, 1.82) is 0 Å². The van der Waals surface area contributed by atoms with Gasteiger partial charge in [-0.3, -0.25) is 0 Å². The second-order valence-electron chi connectivity index (χ2n) is 7.65. The fourth-order valence-corrected chi connectivity index (χ4v) is 2.41. The molecule has 0 aromatic heterocycles. The van der Waals surface area contributed by atoms with Crippen LogP contribution in [-0.4, -0.2) is 25.3 Å². The van der Waals surface area contributed by atoms with Crippen molar-refractivity contribution in [3.05, 3.63) is 23.8 Å². The Kier molecular flexibility index (Phi) is 6.21. The van der Waals surface area contributed by atoms with Crippen molar-refractivity contribution in [1.82, 2.24) is 0 Å². The molecule has 0 radical (unpaired) electrons. The third-order valence-electron chi connectivity index (χ3n) is 3.55. The average molecular weight is 294 g/mol. The van der Waals surface area contributed by atoms with Crippen molar-refractivity contribution in [2.45, 2.75) is 59.5 Å². The largest absolute Gasteiger partial charge is 0.456 e. The molecule has 0 spiro atoms. The summed E-state index contributed by atoms with van der Waals surface area (Å²) in [6.07, 6.45) is 9.19. The van der Waals surface area contributed by atoms with Gasteiger partial charge in [-0.05, 0) is 51.4 Å². The van der Waals surface area contributed by atoms with Gasteiger partial charge in [-0.15, -0.1) is 0 Å². The highest BCUT2D eigenvalue weighted by atomic mass is 16.6. The molecule has 0 fully saturated rings. The Morgan fingerprint density at radius 1 is 1.29 bits per heavy atom. The van der Waals surface area contributed by atoms with Gasteiger partial charge in [-0.2, -0.15) is 0 Å². The smallest absolute Gasteiger partial charge is 0.338 e. The summed E-state index contributed by atoms with van der Waals surface area (Å²) >= 11 is 0. The maximum Gasteiger partial charge on any atom is 0.338 e. The summed E-state index contributed by atoms with van der Waals surface area (Å²) in [5.41, 5.74) is 0.446. The number of carbonyl (C=O) groups excluding carboxylic acids is 1. The Morgan fingerprint density at radius 2 is 1.95 bits per heavy atom. The van der Waals surface area contributed by atoms with Crippen LogP contribution in [-0.2, 0) is 14.3 Å². The molecule has 120 valence electrons. The Labute approximate surface area is 129 Å². The van der Waals surface area contributed by atoms with Crippen LogP contribution in [0, 0.1) is 11.3 Å². The molecular formula is C18H30O3. The van der Waals surface area contributed by atoms with Crippen LogP contribution in [0.2, 0.25) is 0 Å². The van der Waals surface area contributed by atoms with Gasteiger partial charge in [-0.25, -0.2) is 4.79 Å². The first kappa shape index (κ1) is 18.0. The number of esters is 1. The second kappa shape index (κ2) is 7.26. The molecule has 0 aliphatic heterocycles. The van der Waals surface area contributed by atoms with Gasteiger partial charge < -0.3 is 9.47 Å². The van der Waals surface area contributed by atoms with E-state index < -0.39 is 5.60 Å². The number of allylic oxidation sites excluding steroid dienone is 2. The zero-order chi connectivity index (χ0) is 16.1. The molecule has 0 saturated heterocycles. The molecule has 0 aromatic carbocycles. The van der Waals surface area contributed by atoms with Crippen LogP contribution in [0.3, 0.4) is 0 Å². The number of methoxy groups -OCH3 is 1. The predicted octanol–water partition coefficient (Wildman–Crippen LogP) is 4.28. The molecule has 21 heavy (non-hydrogen) atoms. The summed E-state index contributed by atoms with van der Waals surface area (Å²) in [6.45, 7) is 10.9. The van der Waals surface area contributed by atoms with E-state index in [-0.39, 0.29) is 11.4 Å². The summed E-state index contributed by atoms with van der Waals surface area (Å²) in [5, 5.41) is 0. The second-order valence-corrected chi connectivity index (χ2v) is 7.65. The van der Waals surface area contributed by atoms with E-state index in [1.54, 1.807) is 7.11 Å². The van der Waals surface area contributed by atoms with Crippen LogP contribution in [0.4, 0.5) is 0 Å². The zero-order valence-corrected chi connectivity index (χ0v) is 14.4. The van der Waals surface area contributed by atoms with E-state index in [1.807, 2.05) is 32.9 Å². The maximum atomic E-state index is 12.0. The fraction of sp³-hybridized carbons (Fsp3) is 0.722. The van der Waals surface area contributed by atoms with Crippen molar-refractivity contribution in [2.24, 2.45) is 11.3 Å². The number of hydrogen-bond acceptors (Lipinski definition) is 3. The lowest BCUT2D eigenvalue weighted by Crippen LogP contribution is -2.25. The molecule has 0 N–H and O–H groups in total. The van der Waals surface area contributed by atoms with Crippen LogP contribution >= 0.6 is 0 Å². The lowest BCUT2D eigenvalue weighted by atomic mass is 9.83. The summed E-state index contributed by atoms with van der Waals surface area (Å²) < 4.78 is 10.6. The third-order valence-corrected chi connectivity index (χ3v) is 3.55. The minimum absolute atomic E-state index is 0.206. The van der Waals surface area contributed by atoms with Crippen LogP contribution in [0.15, 0.2) is 23.8 Å². The predicted molar refractivity (Wildman–Crippen MR) is 86.1 cm³/mol. The van der Waals surface area contributed by atoms with E-state index in [0.717, 1.165) is 25.9 Å². The van der Waals surface area contributed by atoms with E-state index in [9.17, 15) is 4.79 Å². The third kappa shape index (κ3) is 6.94. The Bertz CT molecular complexity index is 411. The van der Waals surface area contributed by atoms with Crippen molar-refractivity contribution in [2.75, 3.05) is 13.7 Å². The molecule has 1 unspecified atom stereocenters. The first-order chi connectivity index (χ1) is 9.63. The normalized spacial score (nSPS) is 19.3. The van der Waals surface area contributed by atoms with E-state index in [2.05, 4.69) is 19.9 Å². The van der Waals surface area contributed by atoms with Crippen LogP contribution in [0.1, 0.15) is 53.9 Å². The molecule has 0 bridgehead atoms. The highest BCUT2D eigenvalue weighted by Gasteiger charge is 2.22. The Morgan fingerprint density at radius 3 is 2.43 bits per heavy atom. The van der Waals surface area contributed by atoms with Gasteiger partial charge >= 0.3 is 5.97 Å². The maximum absolute atomic E-state index is 12.0. The van der Waals surface area contributed by atoms with Gasteiger partial charge in [0, 0.05) is 7.11 Å². The lowest BCUT2D eigenvalue weighted by molar-refractivity contribution is -0.149. The van der Waals surface area contributed by atoms with E-state index in [0.29, 0.717) is 11.5 Å². The summed E-state index contributed by atoms with van der Waals surface area (Å²) in [5.74, 6) is 0.282.